The first-order valence-electron chi connectivity index (χ1n) is 5.99. The van der Waals surface area contributed by atoms with Gasteiger partial charge in [-0.3, -0.25) is 9.25 Å². The van der Waals surface area contributed by atoms with Gasteiger partial charge in [0, 0.05) is 25.0 Å². The number of nitrogens with zero attached hydrogens (tertiary/aromatic N) is 5. The van der Waals surface area contributed by atoms with E-state index in [0.717, 1.165) is 29.6 Å². The number of anilines is 1. The second-order valence-corrected chi connectivity index (χ2v) is 4.93. The summed E-state index contributed by atoms with van der Waals surface area (Å²) in [5, 5.41) is 13.2. The number of hydrogen-bond donors (Lipinski definition) is 1. The van der Waals surface area contributed by atoms with Gasteiger partial charge >= 0.3 is 0 Å². The van der Waals surface area contributed by atoms with Crippen molar-refractivity contribution in [2.45, 2.75) is 37.7 Å². The minimum atomic E-state index is 0.441. The maximum absolute atomic E-state index is 5.65. The van der Waals surface area contributed by atoms with Crippen molar-refractivity contribution in [3.63, 3.8) is 0 Å². The fourth-order valence-electron chi connectivity index (χ4n) is 1.67. The number of rotatable bonds is 5. The SMILES string of the molecule is CCc1cc(CSc2nnc(N)n2C)n(CC)n1. The van der Waals surface area contributed by atoms with Crippen molar-refractivity contribution in [2.24, 2.45) is 7.05 Å². The van der Waals surface area contributed by atoms with Gasteiger partial charge < -0.3 is 5.73 Å². The average molecular weight is 266 g/mol. The van der Waals surface area contributed by atoms with Gasteiger partial charge in [-0.2, -0.15) is 5.10 Å². The summed E-state index contributed by atoms with van der Waals surface area (Å²) in [6, 6.07) is 2.15. The van der Waals surface area contributed by atoms with Crippen LogP contribution in [0, 0.1) is 0 Å². The molecule has 2 N–H and O–H groups in total. The Morgan fingerprint density at radius 3 is 2.67 bits per heavy atom. The number of nitrogen functional groups attached to an aromatic ring is 1. The van der Waals surface area contributed by atoms with Crippen molar-refractivity contribution in [1.29, 1.82) is 0 Å². The molecule has 0 aliphatic carbocycles. The smallest absolute Gasteiger partial charge is 0.222 e. The van der Waals surface area contributed by atoms with Crippen LogP contribution in [0.4, 0.5) is 5.95 Å². The summed E-state index contributed by atoms with van der Waals surface area (Å²) in [7, 11) is 1.87. The summed E-state index contributed by atoms with van der Waals surface area (Å²) in [4.78, 5) is 0. The van der Waals surface area contributed by atoms with Crippen LogP contribution < -0.4 is 5.73 Å². The van der Waals surface area contributed by atoms with Gasteiger partial charge in [-0.15, -0.1) is 10.2 Å². The molecule has 0 aromatic carbocycles. The predicted molar refractivity (Wildman–Crippen MR) is 72.3 cm³/mol. The maximum atomic E-state index is 5.65. The lowest BCUT2D eigenvalue weighted by Crippen LogP contribution is -2.02. The Morgan fingerprint density at radius 2 is 2.11 bits per heavy atom. The molecule has 0 bridgehead atoms. The summed E-state index contributed by atoms with van der Waals surface area (Å²) >= 11 is 1.62. The molecule has 6 nitrogen and oxygen atoms in total. The minimum absolute atomic E-state index is 0.441. The average Bonchev–Trinajstić information content (AvgIpc) is 2.92. The lowest BCUT2D eigenvalue weighted by Gasteiger charge is -2.04. The Kier molecular flexibility index (Phi) is 3.90. The van der Waals surface area contributed by atoms with Gasteiger partial charge in [0.05, 0.1) is 5.69 Å². The lowest BCUT2D eigenvalue weighted by atomic mass is 10.3. The first-order chi connectivity index (χ1) is 8.65. The molecule has 7 heteroatoms. The molecule has 0 radical (unpaired) electrons. The largest absolute Gasteiger partial charge is 0.368 e. The fourth-order valence-corrected chi connectivity index (χ4v) is 2.56. The van der Waals surface area contributed by atoms with Crippen LogP contribution >= 0.6 is 11.8 Å². The van der Waals surface area contributed by atoms with Gasteiger partial charge in [-0.25, -0.2) is 0 Å². The highest BCUT2D eigenvalue weighted by atomic mass is 32.2. The van der Waals surface area contributed by atoms with Gasteiger partial charge in [0.25, 0.3) is 0 Å². The number of aryl methyl sites for hydroxylation is 2. The maximum Gasteiger partial charge on any atom is 0.222 e. The number of hydrogen-bond acceptors (Lipinski definition) is 5. The Balaban J connectivity index is 2.10. The number of thioether (sulfide) groups is 1. The normalized spacial score (nSPS) is 11.1. The van der Waals surface area contributed by atoms with E-state index < -0.39 is 0 Å². The molecule has 0 unspecified atom stereocenters. The summed E-state index contributed by atoms with van der Waals surface area (Å²) in [6.45, 7) is 5.10. The molecule has 0 saturated carbocycles. The van der Waals surface area contributed by atoms with Gasteiger partial charge in [0.2, 0.25) is 5.95 Å². The molecule has 0 aliphatic rings. The quantitative estimate of drug-likeness (QED) is 0.829. The highest BCUT2D eigenvalue weighted by Gasteiger charge is 2.10. The van der Waals surface area contributed by atoms with E-state index in [4.69, 9.17) is 5.73 Å². The van der Waals surface area contributed by atoms with E-state index in [1.54, 1.807) is 16.3 Å². The molecule has 18 heavy (non-hydrogen) atoms. The number of aromatic nitrogens is 5. The van der Waals surface area contributed by atoms with Crippen LogP contribution in [0.3, 0.4) is 0 Å². The van der Waals surface area contributed by atoms with Crippen LogP contribution in [0.25, 0.3) is 0 Å². The molecule has 0 spiro atoms. The van der Waals surface area contributed by atoms with Gasteiger partial charge in [-0.05, 0) is 19.4 Å². The Bertz CT molecular complexity index is 530. The molecule has 0 saturated heterocycles. The highest BCUT2D eigenvalue weighted by molar-refractivity contribution is 7.98. The van der Waals surface area contributed by atoms with Crippen LogP contribution in [0.15, 0.2) is 11.2 Å². The topological polar surface area (TPSA) is 74.5 Å². The van der Waals surface area contributed by atoms with Crippen LogP contribution in [-0.2, 0) is 25.8 Å². The molecule has 98 valence electrons. The second kappa shape index (κ2) is 5.43. The first-order valence-corrected chi connectivity index (χ1v) is 6.97. The van der Waals surface area contributed by atoms with Gasteiger partial charge in [-0.1, -0.05) is 18.7 Å². The first kappa shape index (κ1) is 12.9. The fraction of sp³-hybridized carbons (Fsp3) is 0.545. The van der Waals surface area contributed by atoms with E-state index in [1.807, 2.05) is 11.7 Å². The standard InChI is InChI=1S/C11H18N6S/c1-4-8-6-9(17(5-2)15-8)7-18-11-14-13-10(12)16(11)3/h6H,4-5,7H2,1-3H3,(H2,12,13). The highest BCUT2D eigenvalue weighted by Crippen LogP contribution is 2.22. The predicted octanol–water partition coefficient (Wildman–Crippen LogP) is 1.47. The van der Waals surface area contributed by atoms with E-state index in [2.05, 4.69) is 35.2 Å². The molecule has 0 fully saturated rings. The van der Waals surface area contributed by atoms with E-state index in [-0.39, 0.29) is 0 Å². The summed E-state index contributed by atoms with van der Waals surface area (Å²) in [6.07, 6.45) is 0.960. The summed E-state index contributed by atoms with van der Waals surface area (Å²) in [5.41, 5.74) is 7.99. The molecule has 2 rings (SSSR count). The van der Waals surface area contributed by atoms with Crippen LogP contribution in [0.5, 0.6) is 0 Å². The molecule has 2 aromatic heterocycles. The van der Waals surface area contributed by atoms with Crippen molar-refractivity contribution >= 4 is 17.7 Å². The second-order valence-electron chi connectivity index (χ2n) is 3.98. The third-order valence-electron chi connectivity index (χ3n) is 2.79. The van der Waals surface area contributed by atoms with Crippen molar-refractivity contribution in [3.05, 3.63) is 17.5 Å². The van der Waals surface area contributed by atoms with E-state index in [1.165, 1.54) is 5.69 Å². The van der Waals surface area contributed by atoms with Crippen molar-refractivity contribution in [2.75, 3.05) is 5.73 Å². The van der Waals surface area contributed by atoms with Gasteiger partial charge in [0.15, 0.2) is 5.16 Å². The third-order valence-corrected chi connectivity index (χ3v) is 3.85. The zero-order valence-electron chi connectivity index (χ0n) is 10.9. The van der Waals surface area contributed by atoms with Crippen molar-refractivity contribution in [3.8, 4) is 0 Å². The van der Waals surface area contributed by atoms with E-state index >= 15 is 0 Å². The zero-order chi connectivity index (χ0) is 13.1. The van der Waals surface area contributed by atoms with Crippen LogP contribution in [0.2, 0.25) is 0 Å². The van der Waals surface area contributed by atoms with Gasteiger partial charge in [0.1, 0.15) is 0 Å². The summed E-state index contributed by atoms with van der Waals surface area (Å²) < 4.78 is 3.82. The van der Waals surface area contributed by atoms with Crippen LogP contribution in [-0.4, -0.2) is 24.5 Å². The molecular formula is C11H18N6S. The molecular weight excluding hydrogens is 248 g/mol. The molecule has 0 aliphatic heterocycles. The van der Waals surface area contributed by atoms with Crippen molar-refractivity contribution < 1.29 is 0 Å². The molecule has 0 amide bonds. The van der Waals surface area contributed by atoms with E-state index in [0.29, 0.717) is 5.95 Å². The lowest BCUT2D eigenvalue weighted by molar-refractivity contribution is 0.627. The molecule has 2 heterocycles. The molecule has 0 atom stereocenters. The van der Waals surface area contributed by atoms with Crippen molar-refractivity contribution in [1.82, 2.24) is 24.5 Å². The Labute approximate surface area is 111 Å². The minimum Gasteiger partial charge on any atom is -0.368 e. The monoisotopic (exact) mass is 266 g/mol. The number of nitrogens with two attached hydrogens (primary N) is 1. The Morgan fingerprint density at radius 1 is 1.33 bits per heavy atom. The Hall–Kier alpha value is -1.50. The molecule has 2 aromatic rings. The van der Waals surface area contributed by atoms with Crippen LogP contribution in [0.1, 0.15) is 25.2 Å². The third kappa shape index (κ3) is 2.50. The zero-order valence-corrected chi connectivity index (χ0v) is 11.7. The van der Waals surface area contributed by atoms with E-state index in [9.17, 15) is 0 Å². The summed E-state index contributed by atoms with van der Waals surface area (Å²) in [5.74, 6) is 1.27.